The fourth-order valence-corrected chi connectivity index (χ4v) is 1.69. The van der Waals surface area contributed by atoms with Gasteiger partial charge >= 0.3 is 11.9 Å². The second-order valence-corrected chi connectivity index (χ2v) is 4.79. The predicted octanol–water partition coefficient (Wildman–Crippen LogP) is 2.27. The highest BCUT2D eigenvalue weighted by atomic mass is 19.1. The van der Waals surface area contributed by atoms with Crippen molar-refractivity contribution in [2.24, 2.45) is 0 Å². The van der Waals surface area contributed by atoms with Crippen LogP contribution in [0.25, 0.3) is 0 Å². The Morgan fingerprint density at radius 3 is 2.40 bits per heavy atom. The molecule has 0 spiro atoms. The number of hydrogen-bond donors (Lipinski definition) is 1. The monoisotopic (exact) mass is 279 g/mol. The summed E-state index contributed by atoms with van der Waals surface area (Å²) >= 11 is 0. The van der Waals surface area contributed by atoms with Gasteiger partial charge in [0, 0.05) is 31.3 Å². The Morgan fingerprint density at radius 2 is 1.80 bits per heavy atom. The summed E-state index contributed by atoms with van der Waals surface area (Å²) in [6.45, 7) is 4.50. The van der Waals surface area contributed by atoms with E-state index in [1.807, 2.05) is 0 Å². The van der Waals surface area contributed by atoms with Gasteiger partial charge in [-0.3, -0.25) is 0 Å². The van der Waals surface area contributed by atoms with Gasteiger partial charge in [-0.15, -0.1) is 0 Å². The second-order valence-electron chi connectivity index (χ2n) is 4.79. The number of carbonyl (C=O) groups is 2. The van der Waals surface area contributed by atoms with E-state index < -0.39 is 17.7 Å². The normalized spacial score (nSPS) is 17.3. The van der Waals surface area contributed by atoms with Crippen LogP contribution in [-0.2, 0) is 19.1 Å². The first kappa shape index (κ1) is 14.0. The first-order valence-electron chi connectivity index (χ1n) is 5.99. The third-order valence-electron chi connectivity index (χ3n) is 2.76. The van der Waals surface area contributed by atoms with E-state index in [2.05, 4.69) is 5.32 Å². The maximum Gasteiger partial charge on any atom is 0.350 e. The molecule has 0 aromatic heterocycles. The number of rotatable bonds is 2. The Kier molecular flexibility index (Phi) is 3.48. The second kappa shape index (κ2) is 4.96. The van der Waals surface area contributed by atoms with Crippen molar-refractivity contribution in [2.45, 2.75) is 26.6 Å². The minimum atomic E-state index is -1.28. The Hall–Kier alpha value is -2.37. The zero-order chi connectivity index (χ0) is 14.9. The van der Waals surface area contributed by atoms with Crippen molar-refractivity contribution in [3.8, 4) is 0 Å². The number of anilines is 1. The van der Waals surface area contributed by atoms with Gasteiger partial charge in [-0.25, -0.2) is 14.0 Å². The molecule has 106 valence electrons. The standard InChI is InChI=1S/C14H14FNO4/c1-8-10(15)5-4-6-11(8)16-7-9-12(17)19-14(2,3)20-13(9)18/h4-7,16H,1-3H3. The molecule has 1 N–H and O–H groups in total. The summed E-state index contributed by atoms with van der Waals surface area (Å²) in [6, 6.07) is 4.46. The average Bonchev–Trinajstić information content (AvgIpc) is 2.31. The molecule has 0 atom stereocenters. The topological polar surface area (TPSA) is 64.6 Å². The van der Waals surface area contributed by atoms with Crippen molar-refractivity contribution in [1.29, 1.82) is 0 Å². The molecule has 1 aliphatic heterocycles. The lowest BCUT2D eigenvalue weighted by molar-refractivity contribution is -0.222. The largest absolute Gasteiger partial charge is 0.419 e. The zero-order valence-electron chi connectivity index (χ0n) is 11.3. The third-order valence-corrected chi connectivity index (χ3v) is 2.76. The average molecular weight is 279 g/mol. The van der Waals surface area contributed by atoms with E-state index in [0.717, 1.165) is 6.20 Å². The lowest BCUT2D eigenvalue weighted by atomic mass is 10.2. The molecule has 20 heavy (non-hydrogen) atoms. The smallest absolute Gasteiger partial charge is 0.350 e. The van der Waals surface area contributed by atoms with Gasteiger partial charge in [-0.2, -0.15) is 0 Å². The number of esters is 2. The lowest BCUT2D eigenvalue weighted by Gasteiger charge is -2.29. The van der Waals surface area contributed by atoms with Crippen molar-refractivity contribution >= 4 is 17.6 Å². The summed E-state index contributed by atoms with van der Waals surface area (Å²) in [5.41, 5.74) is 0.554. The summed E-state index contributed by atoms with van der Waals surface area (Å²) in [4.78, 5) is 23.4. The Labute approximate surface area is 115 Å². The van der Waals surface area contributed by atoms with Crippen LogP contribution < -0.4 is 5.32 Å². The van der Waals surface area contributed by atoms with Gasteiger partial charge in [-0.05, 0) is 19.1 Å². The van der Waals surface area contributed by atoms with E-state index in [0.29, 0.717) is 11.3 Å². The van der Waals surface area contributed by atoms with Gasteiger partial charge in [-0.1, -0.05) is 6.07 Å². The zero-order valence-corrected chi connectivity index (χ0v) is 11.3. The minimum Gasteiger partial charge on any atom is -0.419 e. The van der Waals surface area contributed by atoms with Crippen molar-refractivity contribution < 1.29 is 23.5 Å². The molecule has 6 heteroatoms. The van der Waals surface area contributed by atoms with Crippen molar-refractivity contribution in [3.05, 3.63) is 41.4 Å². The SMILES string of the molecule is Cc1c(F)cccc1NC=C1C(=O)OC(C)(C)OC1=O. The van der Waals surface area contributed by atoms with Gasteiger partial charge in [0.15, 0.2) is 5.57 Å². The van der Waals surface area contributed by atoms with Crippen LogP contribution in [0.4, 0.5) is 10.1 Å². The Morgan fingerprint density at radius 1 is 1.20 bits per heavy atom. The van der Waals surface area contributed by atoms with Gasteiger partial charge in [0.1, 0.15) is 5.82 Å². The molecule has 1 aliphatic rings. The summed E-state index contributed by atoms with van der Waals surface area (Å²) in [5.74, 6) is -3.23. The maximum absolute atomic E-state index is 13.4. The molecule has 1 aromatic carbocycles. The van der Waals surface area contributed by atoms with Crippen LogP contribution >= 0.6 is 0 Å². The summed E-state index contributed by atoms with van der Waals surface area (Å²) < 4.78 is 23.2. The first-order valence-corrected chi connectivity index (χ1v) is 5.99. The molecule has 2 rings (SSSR count). The number of ether oxygens (including phenoxy) is 2. The van der Waals surface area contributed by atoms with Crippen molar-refractivity contribution in [3.63, 3.8) is 0 Å². The summed E-state index contributed by atoms with van der Waals surface area (Å²) in [7, 11) is 0. The van der Waals surface area contributed by atoms with Crippen molar-refractivity contribution in [1.82, 2.24) is 0 Å². The molecule has 1 fully saturated rings. The van der Waals surface area contributed by atoms with E-state index in [1.54, 1.807) is 13.0 Å². The molecular weight excluding hydrogens is 265 g/mol. The summed E-state index contributed by atoms with van der Waals surface area (Å²) in [5, 5.41) is 2.71. The van der Waals surface area contributed by atoms with E-state index in [4.69, 9.17) is 9.47 Å². The number of nitrogens with one attached hydrogen (secondary N) is 1. The lowest BCUT2D eigenvalue weighted by Crippen LogP contribution is -2.42. The first-order chi connectivity index (χ1) is 9.30. The van der Waals surface area contributed by atoms with Crippen LogP contribution in [0.2, 0.25) is 0 Å². The molecule has 1 saturated heterocycles. The van der Waals surface area contributed by atoms with Crippen LogP contribution in [0.5, 0.6) is 0 Å². The van der Waals surface area contributed by atoms with Gasteiger partial charge in [0.05, 0.1) is 0 Å². The number of benzene rings is 1. The fourth-order valence-electron chi connectivity index (χ4n) is 1.69. The van der Waals surface area contributed by atoms with Crippen molar-refractivity contribution in [2.75, 3.05) is 5.32 Å². The molecule has 0 aliphatic carbocycles. The fraction of sp³-hybridized carbons (Fsp3) is 0.286. The summed E-state index contributed by atoms with van der Waals surface area (Å²) in [6.07, 6.45) is 1.15. The van der Waals surface area contributed by atoms with E-state index in [9.17, 15) is 14.0 Å². The third kappa shape index (κ3) is 2.79. The van der Waals surface area contributed by atoms with Crippen LogP contribution in [0.15, 0.2) is 30.0 Å². The minimum absolute atomic E-state index is 0.270. The molecule has 1 heterocycles. The molecule has 0 saturated carbocycles. The number of carbonyl (C=O) groups excluding carboxylic acids is 2. The molecule has 5 nitrogen and oxygen atoms in total. The van der Waals surface area contributed by atoms with Crippen LogP contribution in [0.1, 0.15) is 19.4 Å². The van der Waals surface area contributed by atoms with E-state index in [1.165, 1.54) is 26.0 Å². The van der Waals surface area contributed by atoms with Gasteiger partial charge in [0.2, 0.25) is 0 Å². The quantitative estimate of drug-likeness (QED) is 0.511. The maximum atomic E-state index is 13.4. The van der Waals surface area contributed by atoms with Gasteiger partial charge < -0.3 is 14.8 Å². The molecule has 0 radical (unpaired) electrons. The molecule has 1 aromatic rings. The molecular formula is C14H14FNO4. The molecule has 0 bridgehead atoms. The highest BCUT2D eigenvalue weighted by Crippen LogP contribution is 2.23. The van der Waals surface area contributed by atoms with Crippen LogP contribution in [0, 0.1) is 12.7 Å². The number of hydrogen-bond acceptors (Lipinski definition) is 5. The Balaban J connectivity index is 2.22. The Bertz CT molecular complexity index is 585. The van der Waals surface area contributed by atoms with Crippen LogP contribution in [-0.4, -0.2) is 17.7 Å². The van der Waals surface area contributed by atoms with Crippen LogP contribution in [0.3, 0.4) is 0 Å². The van der Waals surface area contributed by atoms with Gasteiger partial charge in [0.25, 0.3) is 5.79 Å². The number of halogens is 1. The molecule has 0 amide bonds. The van der Waals surface area contributed by atoms with E-state index >= 15 is 0 Å². The molecule has 0 unspecified atom stereocenters. The number of cyclic esters (lactones) is 2. The highest BCUT2D eigenvalue weighted by Gasteiger charge is 2.38. The predicted molar refractivity (Wildman–Crippen MR) is 69.1 cm³/mol. The highest BCUT2D eigenvalue weighted by molar-refractivity contribution is 6.15. The van der Waals surface area contributed by atoms with E-state index in [-0.39, 0.29) is 11.4 Å².